The van der Waals surface area contributed by atoms with Crippen molar-refractivity contribution in [1.29, 1.82) is 0 Å². The third-order valence-corrected chi connectivity index (χ3v) is 6.64. The van der Waals surface area contributed by atoms with Crippen molar-refractivity contribution in [3.63, 3.8) is 0 Å². The first-order valence-electron chi connectivity index (χ1n) is 11.4. The van der Waals surface area contributed by atoms with Gasteiger partial charge in [0, 0.05) is 64.1 Å². The standard InChI is InChI=1S/C21H34N8O2/c30-20-18-17(13-23-27-20)25-21(29-9-11-31-12-10-29)26-19(18)24-16-3-1-15(2-4-16)14-28-7-5-22-6-8-28/h1-4,17-19,21-26H,5-14H2,(H,27,30). The van der Waals surface area contributed by atoms with Crippen molar-refractivity contribution in [2.75, 3.05) is 64.3 Å². The van der Waals surface area contributed by atoms with Crippen molar-refractivity contribution in [3.8, 4) is 0 Å². The number of benzene rings is 1. The van der Waals surface area contributed by atoms with E-state index in [4.69, 9.17) is 4.74 Å². The average molecular weight is 431 g/mol. The lowest BCUT2D eigenvalue weighted by atomic mass is 9.91. The van der Waals surface area contributed by atoms with Crippen LogP contribution in [0.1, 0.15) is 5.56 Å². The number of hydrogen-bond donors (Lipinski definition) is 6. The molecule has 4 unspecified atom stereocenters. The molecule has 4 aliphatic rings. The van der Waals surface area contributed by atoms with Gasteiger partial charge in [0.25, 0.3) is 0 Å². The molecule has 10 nitrogen and oxygen atoms in total. The van der Waals surface area contributed by atoms with Crippen molar-refractivity contribution >= 4 is 11.6 Å². The number of piperazine rings is 1. The van der Waals surface area contributed by atoms with E-state index >= 15 is 0 Å². The first-order valence-corrected chi connectivity index (χ1v) is 11.4. The van der Waals surface area contributed by atoms with Crippen LogP contribution in [0.4, 0.5) is 5.69 Å². The van der Waals surface area contributed by atoms with Gasteiger partial charge in [0.1, 0.15) is 6.29 Å². The van der Waals surface area contributed by atoms with Crippen LogP contribution in [0.2, 0.25) is 0 Å². The van der Waals surface area contributed by atoms with Crippen LogP contribution in [0.3, 0.4) is 0 Å². The monoisotopic (exact) mass is 430 g/mol. The molecule has 0 bridgehead atoms. The number of morpholine rings is 1. The Hall–Kier alpha value is -1.79. The number of carbonyl (C=O) groups excluding carboxylic acids is 1. The van der Waals surface area contributed by atoms with Gasteiger partial charge >= 0.3 is 0 Å². The van der Waals surface area contributed by atoms with Crippen LogP contribution < -0.4 is 32.1 Å². The van der Waals surface area contributed by atoms with Crippen molar-refractivity contribution in [1.82, 2.24) is 36.6 Å². The average Bonchev–Trinajstić information content (AvgIpc) is 2.81. The summed E-state index contributed by atoms with van der Waals surface area (Å²) in [5.74, 6) is -0.205. The van der Waals surface area contributed by atoms with E-state index in [1.807, 2.05) is 0 Å². The smallest absolute Gasteiger partial charge is 0.242 e. The van der Waals surface area contributed by atoms with E-state index in [-0.39, 0.29) is 30.3 Å². The molecule has 4 aliphatic heterocycles. The Morgan fingerprint density at radius 2 is 1.81 bits per heavy atom. The number of hydrogen-bond acceptors (Lipinski definition) is 9. The van der Waals surface area contributed by atoms with Gasteiger partial charge < -0.3 is 15.4 Å². The molecule has 4 heterocycles. The first kappa shape index (κ1) is 21.1. The predicted octanol–water partition coefficient (Wildman–Crippen LogP) is -1.74. The van der Waals surface area contributed by atoms with Crippen LogP contribution in [0, 0.1) is 5.92 Å². The Morgan fingerprint density at radius 3 is 2.58 bits per heavy atom. The second-order valence-corrected chi connectivity index (χ2v) is 8.73. The summed E-state index contributed by atoms with van der Waals surface area (Å²) in [5, 5.41) is 14.2. The number of hydrazine groups is 1. The Labute approximate surface area is 183 Å². The highest BCUT2D eigenvalue weighted by Gasteiger charge is 2.45. The number of carbonyl (C=O) groups is 1. The number of nitrogens with one attached hydrogen (secondary N) is 6. The van der Waals surface area contributed by atoms with Gasteiger partial charge in [-0.05, 0) is 17.7 Å². The van der Waals surface area contributed by atoms with Crippen molar-refractivity contribution in [3.05, 3.63) is 29.8 Å². The summed E-state index contributed by atoms with van der Waals surface area (Å²) in [4.78, 5) is 17.5. The Morgan fingerprint density at radius 1 is 1.03 bits per heavy atom. The van der Waals surface area contributed by atoms with E-state index in [1.165, 1.54) is 5.56 Å². The molecule has 0 spiro atoms. The summed E-state index contributed by atoms with van der Waals surface area (Å²) in [6, 6.07) is 8.67. The van der Waals surface area contributed by atoms with Crippen LogP contribution in [-0.4, -0.2) is 93.2 Å². The van der Waals surface area contributed by atoms with Crippen LogP contribution in [0.15, 0.2) is 24.3 Å². The van der Waals surface area contributed by atoms with Crippen molar-refractivity contribution in [2.45, 2.75) is 25.0 Å². The highest BCUT2D eigenvalue weighted by atomic mass is 16.5. The lowest BCUT2D eigenvalue weighted by molar-refractivity contribution is -0.133. The summed E-state index contributed by atoms with van der Waals surface area (Å²) < 4.78 is 5.51. The van der Waals surface area contributed by atoms with E-state index < -0.39 is 0 Å². The number of fused-ring (bicyclic) bond motifs is 1. The molecule has 170 valence electrons. The summed E-state index contributed by atoms with van der Waals surface area (Å²) in [7, 11) is 0. The minimum absolute atomic E-state index is 0.00216. The van der Waals surface area contributed by atoms with Gasteiger partial charge in [-0.25, -0.2) is 5.43 Å². The lowest BCUT2D eigenvalue weighted by Gasteiger charge is -2.49. The molecule has 0 saturated carbocycles. The molecule has 0 aliphatic carbocycles. The van der Waals surface area contributed by atoms with Crippen LogP contribution >= 0.6 is 0 Å². The van der Waals surface area contributed by atoms with Gasteiger partial charge in [0.2, 0.25) is 5.91 Å². The van der Waals surface area contributed by atoms with Gasteiger partial charge in [-0.15, -0.1) is 0 Å². The van der Waals surface area contributed by atoms with E-state index in [9.17, 15) is 4.79 Å². The van der Waals surface area contributed by atoms with Gasteiger partial charge in [-0.2, -0.15) is 0 Å². The fourth-order valence-corrected chi connectivity index (χ4v) is 4.90. The number of rotatable bonds is 5. The molecule has 4 fully saturated rings. The second kappa shape index (κ2) is 9.78. The summed E-state index contributed by atoms with van der Waals surface area (Å²) in [6.07, 6.45) is -0.164. The molecule has 4 atom stereocenters. The molecule has 0 aromatic heterocycles. The van der Waals surface area contributed by atoms with Gasteiger partial charge in [-0.1, -0.05) is 12.1 Å². The molecule has 10 heteroatoms. The fourth-order valence-electron chi connectivity index (χ4n) is 4.90. The summed E-state index contributed by atoms with van der Waals surface area (Å²) in [5.41, 5.74) is 8.15. The zero-order valence-electron chi connectivity index (χ0n) is 17.9. The van der Waals surface area contributed by atoms with Gasteiger partial charge in [0.15, 0.2) is 0 Å². The maximum atomic E-state index is 12.6. The van der Waals surface area contributed by atoms with Gasteiger partial charge in [-0.3, -0.25) is 30.7 Å². The Bertz CT molecular complexity index is 735. The Kier molecular flexibility index (Phi) is 6.65. The quantitative estimate of drug-likeness (QED) is 0.325. The minimum atomic E-state index is -0.209. The predicted molar refractivity (Wildman–Crippen MR) is 118 cm³/mol. The topological polar surface area (TPSA) is 105 Å². The number of nitrogens with zero attached hydrogens (tertiary/aromatic N) is 2. The van der Waals surface area contributed by atoms with Crippen LogP contribution in [0.25, 0.3) is 0 Å². The van der Waals surface area contributed by atoms with Crippen LogP contribution in [-0.2, 0) is 16.1 Å². The van der Waals surface area contributed by atoms with E-state index in [0.717, 1.165) is 64.7 Å². The summed E-state index contributed by atoms with van der Waals surface area (Å²) in [6.45, 7) is 9.19. The molecule has 0 radical (unpaired) electrons. The first-order chi connectivity index (χ1) is 15.3. The Balaban J connectivity index is 1.26. The van der Waals surface area contributed by atoms with E-state index in [0.29, 0.717) is 6.54 Å². The largest absolute Gasteiger partial charge is 0.379 e. The lowest BCUT2D eigenvalue weighted by Crippen LogP contribution is -2.77. The molecule has 5 rings (SSSR count). The third-order valence-electron chi connectivity index (χ3n) is 6.64. The molecular weight excluding hydrogens is 396 g/mol. The number of ether oxygens (including phenoxy) is 1. The maximum Gasteiger partial charge on any atom is 0.242 e. The zero-order valence-corrected chi connectivity index (χ0v) is 17.9. The SMILES string of the molecule is O=C1NNCC2NC(N3CCOCC3)NC(Nc3ccc(CN4CCNCC4)cc3)C12. The summed E-state index contributed by atoms with van der Waals surface area (Å²) >= 11 is 0. The van der Waals surface area contributed by atoms with Crippen molar-refractivity contribution in [2.24, 2.45) is 5.92 Å². The number of anilines is 1. The van der Waals surface area contributed by atoms with Crippen molar-refractivity contribution < 1.29 is 9.53 Å². The van der Waals surface area contributed by atoms with E-state index in [2.05, 4.69) is 66.2 Å². The molecule has 6 N–H and O–H groups in total. The third kappa shape index (κ3) is 5.01. The van der Waals surface area contributed by atoms with E-state index in [1.54, 1.807) is 0 Å². The molecule has 4 saturated heterocycles. The highest BCUT2D eigenvalue weighted by Crippen LogP contribution is 2.22. The fraction of sp³-hybridized carbons (Fsp3) is 0.667. The van der Waals surface area contributed by atoms with Crippen LogP contribution in [0.5, 0.6) is 0 Å². The molecule has 1 aromatic rings. The number of amides is 1. The highest BCUT2D eigenvalue weighted by molar-refractivity contribution is 5.81. The zero-order chi connectivity index (χ0) is 21.0. The van der Waals surface area contributed by atoms with Gasteiger partial charge in [0.05, 0.1) is 25.3 Å². The normalized spacial score (nSPS) is 32.8. The maximum absolute atomic E-state index is 12.6. The molecule has 1 aromatic carbocycles. The second-order valence-electron chi connectivity index (χ2n) is 8.73. The minimum Gasteiger partial charge on any atom is -0.379 e. The molecular formula is C21H34N8O2. The molecule has 31 heavy (non-hydrogen) atoms. The molecule has 1 amide bonds.